The number of carbonyl (C=O) groups excluding carboxylic acids is 2. The van der Waals surface area contributed by atoms with Gasteiger partial charge in [-0.05, 0) is 55.7 Å². The molecule has 0 aromatic heterocycles. The van der Waals surface area contributed by atoms with Gasteiger partial charge in [-0.3, -0.25) is 13.9 Å². The predicted octanol–water partition coefficient (Wildman–Crippen LogP) is 4.58. The average molecular weight is 556 g/mol. The van der Waals surface area contributed by atoms with E-state index in [1.807, 2.05) is 57.2 Å². The van der Waals surface area contributed by atoms with Gasteiger partial charge in [0.15, 0.2) is 0 Å². The molecule has 2 amide bonds. The summed E-state index contributed by atoms with van der Waals surface area (Å²) in [5, 5.41) is 3.37. The van der Waals surface area contributed by atoms with Gasteiger partial charge in [-0.1, -0.05) is 72.3 Å². The molecule has 0 aliphatic rings. The normalized spacial score (nSPS) is 12.2. The Kier molecular flexibility index (Phi) is 9.94. The first-order chi connectivity index (χ1) is 18.0. The van der Waals surface area contributed by atoms with Crippen molar-refractivity contribution in [3.63, 3.8) is 0 Å². The van der Waals surface area contributed by atoms with Crippen molar-refractivity contribution in [2.75, 3.05) is 17.1 Å². The van der Waals surface area contributed by atoms with Crippen molar-refractivity contribution < 1.29 is 18.0 Å². The highest BCUT2D eigenvalue weighted by Crippen LogP contribution is 2.23. The summed E-state index contributed by atoms with van der Waals surface area (Å²) < 4.78 is 26.7. The average Bonchev–Trinajstić information content (AvgIpc) is 2.85. The van der Waals surface area contributed by atoms with Crippen LogP contribution >= 0.6 is 11.6 Å². The van der Waals surface area contributed by atoms with Crippen molar-refractivity contribution in [3.05, 3.63) is 101 Å². The predicted molar refractivity (Wildman–Crippen MR) is 153 cm³/mol. The number of anilines is 1. The number of carbonyl (C=O) groups is 2. The van der Waals surface area contributed by atoms with Crippen LogP contribution in [0.4, 0.5) is 5.69 Å². The molecule has 0 saturated heterocycles. The van der Waals surface area contributed by atoms with E-state index in [0.717, 1.165) is 21.7 Å². The van der Waals surface area contributed by atoms with E-state index in [9.17, 15) is 18.0 Å². The number of nitrogens with zero attached hydrogens (tertiary/aromatic N) is 2. The van der Waals surface area contributed by atoms with Gasteiger partial charge in [-0.25, -0.2) is 8.42 Å². The van der Waals surface area contributed by atoms with Crippen LogP contribution in [0.3, 0.4) is 0 Å². The molecule has 1 atom stereocenters. The molecule has 3 rings (SSSR count). The van der Waals surface area contributed by atoms with Crippen LogP contribution in [0.5, 0.6) is 0 Å². The van der Waals surface area contributed by atoms with E-state index in [4.69, 9.17) is 11.6 Å². The number of hydrogen-bond donors (Lipinski definition) is 1. The van der Waals surface area contributed by atoms with E-state index in [2.05, 4.69) is 5.32 Å². The third-order valence-corrected chi connectivity index (χ3v) is 7.48. The van der Waals surface area contributed by atoms with Crippen molar-refractivity contribution in [2.24, 2.45) is 0 Å². The van der Waals surface area contributed by atoms with Crippen LogP contribution in [0.15, 0.2) is 78.9 Å². The maximum atomic E-state index is 14.0. The third kappa shape index (κ3) is 8.07. The summed E-state index contributed by atoms with van der Waals surface area (Å²) in [5.74, 6) is -0.845. The minimum absolute atomic E-state index is 0.0347. The smallest absolute Gasteiger partial charge is 0.244 e. The fraction of sp³-hybridized carbons (Fsp3) is 0.310. The van der Waals surface area contributed by atoms with Crippen molar-refractivity contribution in [3.8, 4) is 0 Å². The van der Waals surface area contributed by atoms with Gasteiger partial charge in [0.25, 0.3) is 0 Å². The maximum Gasteiger partial charge on any atom is 0.244 e. The molecule has 0 aliphatic carbocycles. The SMILES string of the molecule is Cc1cccc(N(CC(=O)N(Cc2ccccc2Cl)C(Cc2ccccc2)C(=O)NC(C)C)S(C)(=O)=O)c1. The van der Waals surface area contributed by atoms with Gasteiger partial charge in [-0.2, -0.15) is 0 Å². The van der Waals surface area contributed by atoms with Gasteiger partial charge >= 0.3 is 0 Å². The molecule has 3 aromatic carbocycles. The largest absolute Gasteiger partial charge is 0.352 e. The van der Waals surface area contributed by atoms with E-state index in [0.29, 0.717) is 16.3 Å². The highest BCUT2D eigenvalue weighted by molar-refractivity contribution is 7.92. The minimum Gasteiger partial charge on any atom is -0.352 e. The first-order valence-corrected chi connectivity index (χ1v) is 14.6. The number of benzene rings is 3. The molecule has 0 radical (unpaired) electrons. The van der Waals surface area contributed by atoms with Crippen LogP contribution in [-0.2, 0) is 32.6 Å². The van der Waals surface area contributed by atoms with Crippen LogP contribution in [0.1, 0.15) is 30.5 Å². The Morgan fingerprint density at radius 1 is 0.947 bits per heavy atom. The van der Waals surface area contributed by atoms with Gasteiger partial charge < -0.3 is 10.2 Å². The fourth-order valence-electron chi connectivity index (χ4n) is 4.14. The number of rotatable bonds is 11. The van der Waals surface area contributed by atoms with Crippen molar-refractivity contribution in [1.29, 1.82) is 0 Å². The summed E-state index contributed by atoms with van der Waals surface area (Å²) in [6.07, 6.45) is 1.31. The molecule has 202 valence electrons. The molecule has 9 heteroatoms. The molecule has 7 nitrogen and oxygen atoms in total. The molecular weight excluding hydrogens is 522 g/mol. The Morgan fingerprint density at radius 3 is 2.21 bits per heavy atom. The molecular formula is C29H34ClN3O4S. The molecule has 0 bridgehead atoms. The maximum absolute atomic E-state index is 14.0. The second kappa shape index (κ2) is 12.9. The van der Waals surface area contributed by atoms with Crippen LogP contribution in [-0.4, -0.2) is 50.0 Å². The van der Waals surface area contributed by atoms with Crippen LogP contribution in [0.2, 0.25) is 5.02 Å². The highest BCUT2D eigenvalue weighted by atomic mass is 35.5. The zero-order valence-corrected chi connectivity index (χ0v) is 23.7. The van der Waals surface area contributed by atoms with E-state index in [1.54, 1.807) is 42.5 Å². The zero-order chi connectivity index (χ0) is 27.9. The van der Waals surface area contributed by atoms with Crippen molar-refractivity contribution in [2.45, 2.75) is 45.8 Å². The number of sulfonamides is 1. The second-order valence-electron chi connectivity index (χ2n) is 9.59. The van der Waals surface area contributed by atoms with E-state index in [1.165, 1.54) is 4.90 Å². The Morgan fingerprint density at radius 2 is 1.61 bits per heavy atom. The molecule has 0 saturated carbocycles. The lowest BCUT2D eigenvalue weighted by Crippen LogP contribution is -2.54. The number of nitrogens with one attached hydrogen (secondary N) is 1. The van der Waals surface area contributed by atoms with Crippen molar-refractivity contribution >= 4 is 39.1 Å². The highest BCUT2D eigenvalue weighted by Gasteiger charge is 2.33. The molecule has 0 heterocycles. The van der Waals surface area contributed by atoms with E-state index < -0.39 is 28.5 Å². The summed E-state index contributed by atoms with van der Waals surface area (Å²) in [6.45, 7) is 5.11. The van der Waals surface area contributed by atoms with E-state index in [-0.39, 0.29) is 24.9 Å². The molecule has 3 aromatic rings. The molecule has 0 fully saturated rings. The third-order valence-electron chi connectivity index (χ3n) is 5.97. The lowest BCUT2D eigenvalue weighted by Gasteiger charge is -2.34. The molecule has 0 aliphatic heterocycles. The lowest BCUT2D eigenvalue weighted by atomic mass is 10.0. The van der Waals surface area contributed by atoms with E-state index >= 15 is 0 Å². The molecule has 1 N–H and O–H groups in total. The van der Waals surface area contributed by atoms with Crippen LogP contribution in [0, 0.1) is 6.92 Å². The summed E-state index contributed by atoms with van der Waals surface area (Å²) in [6, 6.07) is 22.4. The minimum atomic E-state index is -3.81. The van der Waals surface area contributed by atoms with Gasteiger partial charge in [-0.15, -0.1) is 0 Å². The summed E-state index contributed by atoms with van der Waals surface area (Å²) >= 11 is 6.45. The summed E-state index contributed by atoms with van der Waals surface area (Å²) in [5.41, 5.74) is 2.76. The topological polar surface area (TPSA) is 86.8 Å². The quantitative estimate of drug-likeness (QED) is 0.375. The number of aryl methyl sites for hydroxylation is 1. The molecule has 1 unspecified atom stereocenters. The lowest BCUT2D eigenvalue weighted by molar-refractivity contribution is -0.140. The Labute approximate surface area is 230 Å². The molecule has 0 spiro atoms. The van der Waals surface area contributed by atoms with Crippen molar-refractivity contribution in [1.82, 2.24) is 10.2 Å². The van der Waals surface area contributed by atoms with Gasteiger partial charge in [0.1, 0.15) is 12.6 Å². The first kappa shape index (κ1) is 29.2. The van der Waals surface area contributed by atoms with Gasteiger partial charge in [0.2, 0.25) is 21.8 Å². The second-order valence-corrected chi connectivity index (χ2v) is 11.9. The number of halogens is 1. The fourth-order valence-corrected chi connectivity index (χ4v) is 5.18. The standard InChI is InChI=1S/C29H34ClN3O4S/c1-21(2)31-29(35)27(18-23-12-6-5-7-13-23)32(19-24-14-8-9-16-26(24)30)28(34)20-33(38(4,36)37)25-15-10-11-22(3)17-25/h5-17,21,27H,18-20H2,1-4H3,(H,31,35). The van der Waals surface area contributed by atoms with Crippen LogP contribution < -0.4 is 9.62 Å². The Bertz CT molecular complexity index is 1360. The molecule has 38 heavy (non-hydrogen) atoms. The first-order valence-electron chi connectivity index (χ1n) is 12.4. The van der Waals surface area contributed by atoms with Gasteiger partial charge in [0.05, 0.1) is 11.9 Å². The number of hydrogen-bond acceptors (Lipinski definition) is 4. The monoisotopic (exact) mass is 555 g/mol. The van der Waals surface area contributed by atoms with Gasteiger partial charge in [0, 0.05) is 24.0 Å². The summed E-state index contributed by atoms with van der Waals surface area (Å²) in [4.78, 5) is 28.9. The Balaban J connectivity index is 2.07. The Hall–Kier alpha value is -3.36. The van der Waals surface area contributed by atoms with Crippen LogP contribution in [0.25, 0.3) is 0 Å². The number of amides is 2. The summed E-state index contributed by atoms with van der Waals surface area (Å²) in [7, 11) is -3.81. The zero-order valence-electron chi connectivity index (χ0n) is 22.1.